The van der Waals surface area contributed by atoms with Crippen LogP contribution in [-0.4, -0.2) is 61.3 Å². The summed E-state index contributed by atoms with van der Waals surface area (Å²) in [5.41, 5.74) is 2.24. The van der Waals surface area contributed by atoms with Gasteiger partial charge in [0, 0.05) is 46.5 Å². The average Bonchev–Trinajstić information content (AvgIpc) is 3.70. The van der Waals surface area contributed by atoms with Gasteiger partial charge in [-0.2, -0.15) is 0 Å². The van der Waals surface area contributed by atoms with E-state index in [1.165, 1.54) is 18.3 Å². The fraction of sp³-hybridized carbons (Fsp3) is 0.688. The van der Waals surface area contributed by atoms with Gasteiger partial charge in [-0.3, -0.25) is 4.79 Å². The Morgan fingerprint density at radius 2 is 1.98 bits per heavy atom. The summed E-state index contributed by atoms with van der Waals surface area (Å²) in [5, 5.41) is 11.5. The molecule has 8 heteroatoms. The van der Waals surface area contributed by atoms with Crippen molar-refractivity contribution in [2.45, 2.75) is 97.2 Å². The Balaban J connectivity index is 1.54. The lowest BCUT2D eigenvalue weighted by molar-refractivity contribution is -0.248. The van der Waals surface area contributed by atoms with Crippen LogP contribution in [0, 0.1) is 28.1 Å². The molecule has 1 aromatic rings. The van der Waals surface area contributed by atoms with Crippen molar-refractivity contribution in [2.75, 3.05) is 13.7 Å². The summed E-state index contributed by atoms with van der Waals surface area (Å²) in [6.45, 7) is 12.5. The Hall–Kier alpha value is -2.42. The molecule has 8 nitrogen and oxygen atoms in total. The fourth-order valence-electron chi connectivity index (χ4n) is 9.66. The molecule has 0 radical (unpaired) electrons. The number of aliphatic hydroxyl groups excluding tert-OH is 1. The van der Waals surface area contributed by atoms with E-state index in [9.17, 15) is 14.7 Å². The molecule has 1 aromatic heterocycles. The van der Waals surface area contributed by atoms with Crippen LogP contribution >= 0.6 is 0 Å². The third-order valence-electron chi connectivity index (χ3n) is 11.7. The maximum atomic E-state index is 13.2. The Morgan fingerprint density at radius 3 is 2.62 bits per heavy atom. The van der Waals surface area contributed by atoms with Gasteiger partial charge >= 0.3 is 11.9 Å². The second kappa shape index (κ2) is 9.30. The number of methoxy groups -OCH3 is 1. The van der Waals surface area contributed by atoms with Gasteiger partial charge in [-0.05, 0) is 50.3 Å². The van der Waals surface area contributed by atoms with E-state index < -0.39 is 34.4 Å². The average molecular weight is 555 g/mol. The number of rotatable bonds is 5. The first kappa shape index (κ1) is 27.7. The Morgan fingerprint density at radius 1 is 1.23 bits per heavy atom. The van der Waals surface area contributed by atoms with Gasteiger partial charge in [-0.15, -0.1) is 0 Å². The molecule has 1 N–H and O–H groups in total. The molecule has 0 bridgehead atoms. The second-order valence-corrected chi connectivity index (χ2v) is 13.3. The maximum absolute atomic E-state index is 13.2. The first-order chi connectivity index (χ1) is 18.9. The highest BCUT2D eigenvalue weighted by Gasteiger charge is 2.78. The van der Waals surface area contributed by atoms with Crippen LogP contribution in [0.15, 0.2) is 45.8 Å². The number of allylic oxidation sites excluding steroid dienone is 2. The predicted molar refractivity (Wildman–Crippen MR) is 145 cm³/mol. The molecule has 3 aliphatic carbocycles. The van der Waals surface area contributed by atoms with Gasteiger partial charge in [0.2, 0.25) is 0 Å². The normalized spacial score (nSPS) is 45.6. The number of esters is 2. The number of hydrogen-bond acceptors (Lipinski definition) is 8. The van der Waals surface area contributed by atoms with E-state index in [0.717, 1.165) is 12.0 Å². The van der Waals surface area contributed by atoms with E-state index in [-0.39, 0.29) is 54.9 Å². The van der Waals surface area contributed by atoms with Crippen molar-refractivity contribution in [2.24, 2.45) is 28.1 Å². The summed E-state index contributed by atoms with van der Waals surface area (Å²) in [6, 6.07) is 2.01. The summed E-state index contributed by atoms with van der Waals surface area (Å²) in [4.78, 5) is 26.4. The number of carbonyl (C=O) groups is 2. The van der Waals surface area contributed by atoms with Crippen molar-refractivity contribution in [3.8, 4) is 0 Å². The third-order valence-corrected chi connectivity index (χ3v) is 11.7. The van der Waals surface area contributed by atoms with Crippen LogP contribution in [0.3, 0.4) is 0 Å². The van der Waals surface area contributed by atoms with E-state index in [2.05, 4.69) is 27.7 Å². The molecule has 0 spiro atoms. The molecular weight excluding hydrogens is 512 g/mol. The number of hydrogen-bond donors (Lipinski definition) is 1. The van der Waals surface area contributed by atoms with Gasteiger partial charge in [-0.1, -0.05) is 32.4 Å². The van der Waals surface area contributed by atoms with E-state index in [1.807, 2.05) is 6.07 Å². The summed E-state index contributed by atoms with van der Waals surface area (Å²) >= 11 is 0. The van der Waals surface area contributed by atoms with Crippen molar-refractivity contribution < 1.29 is 38.1 Å². The van der Waals surface area contributed by atoms with Gasteiger partial charge in [0.25, 0.3) is 0 Å². The quantitative estimate of drug-likeness (QED) is 0.317. The number of furan rings is 1. The number of fused-ring (bicyclic) bond motifs is 4. The molecule has 3 heterocycles. The number of ether oxygens (including phenoxy) is 4. The summed E-state index contributed by atoms with van der Waals surface area (Å²) < 4.78 is 30.5. The van der Waals surface area contributed by atoms with Gasteiger partial charge in [0.1, 0.15) is 6.10 Å². The molecule has 218 valence electrons. The lowest BCUT2D eigenvalue weighted by Crippen LogP contribution is -2.70. The Bertz CT molecular complexity index is 1260. The minimum Gasteiger partial charge on any atom is -0.472 e. The molecule has 0 unspecified atom stereocenters. The third kappa shape index (κ3) is 3.48. The highest BCUT2D eigenvalue weighted by molar-refractivity contribution is 5.87. The Kier molecular flexibility index (Phi) is 6.45. The van der Waals surface area contributed by atoms with E-state index >= 15 is 0 Å². The minimum absolute atomic E-state index is 0.120. The second-order valence-electron chi connectivity index (χ2n) is 13.3. The van der Waals surface area contributed by atoms with Gasteiger partial charge in [0.05, 0.1) is 50.7 Å². The van der Waals surface area contributed by atoms with Crippen molar-refractivity contribution in [1.82, 2.24) is 0 Å². The van der Waals surface area contributed by atoms with E-state index in [1.54, 1.807) is 32.4 Å². The first-order valence-corrected chi connectivity index (χ1v) is 14.5. The standard InChI is InChI=1S/C32H42O8/c1-8-16(2)29(35)40-23-13-22(33)30(4)15-38-26-27(30)31(23,5)21(12-24(34)36-7)32(6)25-17(3)19(18-9-10-37-14-18)11-20(25)39-28(26)32/h8-10,14,19-23,26-28,33H,11-13,15H2,1-7H3/t19-,20-,21-,22-,23+,26-,27+,28-,30-,31+,32-/m1/s1. The summed E-state index contributed by atoms with van der Waals surface area (Å²) in [7, 11) is 1.42. The first-order valence-electron chi connectivity index (χ1n) is 14.5. The Labute approximate surface area is 236 Å². The molecule has 2 saturated heterocycles. The molecule has 2 saturated carbocycles. The summed E-state index contributed by atoms with van der Waals surface area (Å²) in [6.07, 6.45) is 4.37. The van der Waals surface area contributed by atoms with Crippen molar-refractivity contribution in [3.05, 3.63) is 47.0 Å². The molecule has 40 heavy (non-hydrogen) atoms. The van der Waals surface area contributed by atoms with Gasteiger partial charge in [0.15, 0.2) is 0 Å². The molecule has 5 aliphatic rings. The largest absolute Gasteiger partial charge is 0.472 e. The molecule has 2 aliphatic heterocycles. The molecule has 4 fully saturated rings. The zero-order valence-corrected chi connectivity index (χ0v) is 24.6. The van der Waals surface area contributed by atoms with E-state index in [4.69, 9.17) is 23.4 Å². The lowest BCUT2D eigenvalue weighted by atomic mass is 9.40. The van der Waals surface area contributed by atoms with Crippen LogP contribution in [0.4, 0.5) is 0 Å². The zero-order chi connectivity index (χ0) is 28.8. The maximum Gasteiger partial charge on any atom is 0.333 e. The van der Waals surface area contributed by atoms with Gasteiger partial charge in [-0.25, -0.2) is 4.79 Å². The minimum atomic E-state index is -0.727. The van der Waals surface area contributed by atoms with Gasteiger partial charge < -0.3 is 28.5 Å². The molecule has 6 rings (SSSR count). The van der Waals surface area contributed by atoms with Crippen LogP contribution in [0.1, 0.15) is 72.3 Å². The van der Waals surface area contributed by atoms with E-state index in [0.29, 0.717) is 12.2 Å². The van der Waals surface area contributed by atoms with Crippen molar-refractivity contribution in [1.29, 1.82) is 0 Å². The van der Waals surface area contributed by atoms with Crippen LogP contribution in [0.25, 0.3) is 0 Å². The molecule has 0 aromatic carbocycles. The molecule has 0 amide bonds. The van der Waals surface area contributed by atoms with Crippen LogP contribution in [0.5, 0.6) is 0 Å². The zero-order valence-electron chi connectivity index (χ0n) is 24.6. The topological polar surface area (TPSA) is 104 Å². The smallest absolute Gasteiger partial charge is 0.333 e. The number of carbonyl (C=O) groups excluding carboxylic acids is 2. The lowest BCUT2D eigenvalue weighted by Gasteiger charge is -2.65. The SMILES string of the molecule is CC=C(C)C(=O)O[C@H]1C[C@@H](O)[C@@]2(C)CO[C@H]3[C@H]4O[C@@H]5C[C@@H](c6ccoc6)C(C)=C5[C@@]4(C)[C@H](CC(=O)OC)[C@]1(C)[C@@H]32. The monoisotopic (exact) mass is 554 g/mol. The molecular formula is C32H42O8. The van der Waals surface area contributed by atoms with Crippen LogP contribution < -0.4 is 0 Å². The highest BCUT2D eigenvalue weighted by Crippen LogP contribution is 2.73. The van der Waals surface area contributed by atoms with Crippen molar-refractivity contribution >= 4 is 11.9 Å². The molecule has 11 atom stereocenters. The predicted octanol–water partition coefficient (Wildman–Crippen LogP) is 4.72. The summed E-state index contributed by atoms with van der Waals surface area (Å²) in [5.74, 6) is -1.02. The van der Waals surface area contributed by atoms with Crippen molar-refractivity contribution in [3.63, 3.8) is 0 Å². The number of aliphatic hydroxyl groups is 1. The van der Waals surface area contributed by atoms with Crippen LogP contribution in [0.2, 0.25) is 0 Å². The highest BCUT2D eigenvalue weighted by atomic mass is 16.6. The fourth-order valence-corrected chi connectivity index (χ4v) is 9.66. The van der Waals surface area contributed by atoms with Crippen LogP contribution in [-0.2, 0) is 28.5 Å².